The lowest BCUT2D eigenvalue weighted by Gasteiger charge is -2.00. The zero-order valence-electron chi connectivity index (χ0n) is 9.37. The molecular weight excluding hydrogens is 232 g/mol. The predicted molar refractivity (Wildman–Crippen MR) is 69.3 cm³/mol. The SMILES string of the molecule is CC(N)c1cn(-c2ccc3sccc3c2)nn1. The van der Waals surface area contributed by atoms with Crippen molar-refractivity contribution in [1.82, 2.24) is 15.0 Å². The Morgan fingerprint density at radius 3 is 3.00 bits per heavy atom. The van der Waals surface area contributed by atoms with E-state index in [1.54, 1.807) is 16.0 Å². The first kappa shape index (κ1) is 10.4. The molecule has 4 nitrogen and oxygen atoms in total. The van der Waals surface area contributed by atoms with E-state index >= 15 is 0 Å². The molecule has 0 aliphatic heterocycles. The number of nitrogens with zero attached hydrogens (tertiary/aromatic N) is 3. The Bertz CT molecular complexity index is 653. The van der Waals surface area contributed by atoms with Crippen LogP contribution in [0.2, 0.25) is 0 Å². The van der Waals surface area contributed by atoms with Gasteiger partial charge in [-0.3, -0.25) is 0 Å². The number of hydrogen-bond acceptors (Lipinski definition) is 4. The van der Waals surface area contributed by atoms with Crippen LogP contribution in [-0.2, 0) is 0 Å². The van der Waals surface area contributed by atoms with E-state index in [1.807, 2.05) is 19.2 Å². The van der Waals surface area contributed by atoms with Crippen molar-refractivity contribution in [3.8, 4) is 5.69 Å². The minimum atomic E-state index is -0.0892. The van der Waals surface area contributed by atoms with Crippen molar-refractivity contribution < 1.29 is 0 Å². The predicted octanol–water partition coefficient (Wildman–Crippen LogP) is 2.50. The highest BCUT2D eigenvalue weighted by molar-refractivity contribution is 7.17. The third kappa shape index (κ3) is 1.83. The topological polar surface area (TPSA) is 56.7 Å². The Hall–Kier alpha value is -1.72. The van der Waals surface area contributed by atoms with Gasteiger partial charge in [-0.25, -0.2) is 4.68 Å². The maximum Gasteiger partial charge on any atom is 0.0995 e. The van der Waals surface area contributed by atoms with Gasteiger partial charge in [0.05, 0.1) is 17.6 Å². The zero-order chi connectivity index (χ0) is 11.8. The number of aromatic nitrogens is 3. The van der Waals surface area contributed by atoms with Crippen molar-refractivity contribution in [2.45, 2.75) is 13.0 Å². The van der Waals surface area contributed by atoms with Gasteiger partial charge in [0.25, 0.3) is 0 Å². The van der Waals surface area contributed by atoms with Crippen LogP contribution in [0, 0.1) is 0 Å². The number of nitrogens with two attached hydrogens (primary N) is 1. The molecule has 86 valence electrons. The summed E-state index contributed by atoms with van der Waals surface area (Å²) in [6, 6.07) is 8.26. The largest absolute Gasteiger partial charge is 0.323 e. The molecule has 0 radical (unpaired) electrons. The van der Waals surface area contributed by atoms with E-state index in [9.17, 15) is 0 Å². The molecule has 1 unspecified atom stereocenters. The van der Waals surface area contributed by atoms with E-state index < -0.39 is 0 Å². The second kappa shape index (κ2) is 3.94. The molecule has 0 bridgehead atoms. The lowest BCUT2D eigenvalue weighted by Crippen LogP contribution is -2.04. The molecule has 1 aromatic carbocycles. The average Bonchev–Trinajstić information content (AvgIpc) is 2.97. The molecule has 0 aliphatic carbocycles. The Kier molecular flexibility index (Phi) is 2.42. The normalized spacial score (nSPS) is 13.1. The van der Waals surface area contributed by atoms with Gasteiger partial charge >= 0.3 is 0 Å². The van der Waals surface area contributed by atoms with Crippen LogP contribution in [0.5, 0.6) is 0 Å². The molecule has 0 fully saturated rings. The fraction of sp³-hybridized carbons (Fsp3) is 0.167. The number of rotatable bonds is 2. The van der Waals surface area contributed by atoms with E-state index in [0.29, 0.717) is 0 Å². The summed E-state index contributed by atoms with van der Waals surface area (Å²) in [6.07, 6.45) is 1.87. The Labute approximate surface area is 103 Å². The zero-order valence-corrected chi connectivity index (χ0v) is 10.2. The summed E-state index contributed by atoms with van der Waals surface area (Å²) in [7, 11) is 0. The molecule has 0 saturated carbocycles. The van der Waals surface area contributed by atoms with E-state index in [4.69, 9.17) is 5.73 Å². The number of thiophene rings is 1. The molecule has 0 amide bonds. The van der Waals surface area contributed by atoms with Gasteiger partial charge in [0, 0.05) is 10.7 Å². The van der Waals surface area contributed by atoms with Gasteiger partial charge in [-0.05, 0) is 42.0 Å². The highest BCUT2D eigenvalue weighted by atomic mass is 32.1. The monoisotopic (exact) mass is 244 g/mol. The van der Waals surface area contributed by atoms with E-state index in [2.05, 4.69) is 33.9 Å². The molecule has 2 N–H and O–H groups in total. The molecule has 1 atom stereocenters. The maximum absolute atomic E-state index is 5.76. The van der Waals surface area contributed by atoms with Gasteiger partial charge in [-0.15, -0.1) is 16.4 Å². The van der Waals surface area contributed by atoms with Gasteiger partial charge in [-0.2, -0.15) is 0 Å². The number of fused-ring (bicyclic) bond motifs is 1. The summed E-state index contributed by atoms with van der Waals surface area (Å²) < 4.78 is 3.04. The second-order valence-electron chi connectivity index (χ2n) is 4.02. The third-order valence-electron chi connectivity index (χ3n) is 2.68. The van der Waals surface area contributed by atoms with E-state index in [0.717, 1.165) is 11.4 Å². The third-order valence-corrected chi connectivity index (χ3v) is 3.58. The van der Waals surface area contributed by atoms with Crippen LogP contribution in [0.15, 0.2) is 35.8 Å². The van der Waals surface area contributed by atoms with E-state index in [-0.39, 0.29) is 6.04 Å². The second-order valence-corrected chi connectivity index (χ2v) is 4.97. The lowest BCUT2D eigenvalue weighted by molar-refractivity contribution is 0.757. The molecular formula is C12H12N4S. The highest BCUT2D eigenvalue weighted by Crippen LogP contribution is 2.23. The summed E-state index contributed by atoms with van der Waals surface area (Å²) in [5.74, 6) is 0. The first-order chi connectivity index (χ1) is 8.24. The van der Waals surface area contributed by atoms with Crippen LogP contribution < -0.4 is 5.73 Å². The van der Waals surface area contributed by atoms with Crippen LogP contribution in [0.1, 0.15) is 18.7 Å². The molecule has 0 aliphatic rings. The quantitative estimate of drug-likeness (QED) is 0.753. The summed E-state index contributed by atoms with van der Waals surface area (Å²) in [5, 5.41) is 11.5. The van der Waals surface area contributed by atoms with Crippen molar-refractivity contribution in [3.05, 3.63) is 41.5 Å². The van der Waals surface area contributed by atoms with Gasteiger partial charge < -0.3 is 5.73 Å². The Morgan fingerprint density at radius 2 is 2.24 bits per heavy atom. The minimum Gasteiger partial charge on any atom is -0.323 e. The van der Waals surface area contributed by atoms with Crippen molar-refractivity contribution in [3.63, 3.8) is 0 Å². The number of hydrogen-bond donors (Lipinski definition) is 1. The van der Waals surface area contributed by atoms with Crippen molar-refractivity contribution >= 4 is 21.4 Å². The van der Waals surface area contributed by atoms with E-state index in [1.165, 1.54) is 10.1 Å². The number of benzene rings is 1. The van der Waals surface area contributed by atoms with Gasteiger partial charge in [-0.1, -0.05) is 5.21 Å². The van der Waals surface area contributed by atoms with Crippen LogP contribution in [0.4, 0.5) is 0 Å². The summed E-state index contributed by atoms with van der Waals surface area (Å²) >= 11 is 1.74. The summed E-state index contributed by atoms with van der Waals surface area (Å²) in [4.78, 5) is 0. The molecule has 5 heteroatoms. The first-order valence-electron chi connectivity index (χ1n) is 5.39. The minimum absolute atomic E-state index is 0.0892. The highest BCUT2D eigenvalue weighted by Gasteiger charge is 2.07. The van der Waals surface area contributed by atoms with Crippen LogP contribution in [-0.4, -0.2) is 15.0 Å². The maximum atomic E-state index is 5.76. The van der Waals surface area contributed by atoms with Crippen molar-refractivity contribution in [1.29, 1.82) is 0 Å². The molecule has 2 heterocycles. The van der Waals surface area contributed by atoms with Gasteiger partial charge in [0.1, 0.15) is 0 Å². The fourth-order valence-electron chi connectivity index (χ4n) is 1.71. The molecule has 0 saturated heterocycles. The smallest absolute Gasteiger partial charge is 0.0995 e. The Morgan fingerprint density at radius 1 is 1.35 bits per heavy atom. The summed E-state index contributed by atoms with van der Waals surface area (Å²) in [5.41, 5.74) is 7.58. The van der Waals surface area contributed by atoms with Crippen LogP contribution in [0.25, 0.3) is 15.8 Å². The fourth-order valence-corrected chi connectivity index (χ4v) is 2.48. The summed E-state index contributed by atoms with van der Waals surface area (Å²) in [6.45, 7) is 1.90. The van der Waals surface area contributed by atoms with Crippen LogP contribution >= 0.6 is 11.3 Å². The van der Waals surface area contributed by atoms with Crippen molar-refractivity contribution in [2.75, 3.05) is 0 Å². The van der Waals surface area contributed by atoms with Gasteiger partial charge in [0.2, 0.25) is 0 Å². The lowest BCUT2D eigenvalue weighted by atomic mass is 10.2. The van der Waals surface area contributed by atoms with Gasteiger partial charge in [0.15, 0.2) is 0 Å². The molecule has 3 rings (SSSR count). The molecule has 2 aromatic heterocycles. The standard InChI is InChI=1S/C12H12N4S/c1-8(13)11-7-16(15-14-11)10-2-3-12-9(6-10)4-5-17-12/h2-8H,13H2,1H3. The first-order valence-corrected chi connectivity index (χ1v) is 6.27. The Balaban J connectivity index is 2.06. The molecule has 0 spiro atoms. The van der Waals surface area contributed by atoms with Crippen molar-refractivity contribution in [2.24, 2.45) is 5.73 Å². The molecule has 17 heavy (non-hydrogen) atoms. The molecule has 3 aromatic rings. The van der Waals surface area contributed by atoms with Crippen LogP contribution in [0.3, 0.4) is 0 Å². The average molecular weight is 244 g/mol.